The molecule has 1 N–H and O–H groups in total. The Morgan fingerprint density at radius 2 is 1.89 bits per heavy atom. The molecule has 2 aromatic heterocycles. The molecule has 0 bridgehead atoms. The highest BCUT2D eigenvalue weighted by atomic mass is 16.6. The standard InChI is InChI=1S/C25H23N3O7.C2H6/c1-25(2,3)35-24(32)26-10-19(29)34-21-15-9-18-20-14(8-13-6-4-5-7-17(13)27-20)11-28(18)22(30)16(15)12-33-23(21)31;1-2/h4-9,21H,10-12H2,1-3H3,(H,26,32);1-2H3. The number of esters is 2. The topological polar surface area (TPSA) is 126 Å². The van der Waals surface area contributed by atoms with Crippen LogP contribution in [0.15, 0.2) is 41.2 Å². The molecule has 1 amide bonds. The van der Waals surface area contributed by atoms with Crippen LogP contribution in [0.4, 0.5) is 4.79 Å². The molecule has 1 aromatic carbocycles. The van der Waals surface area contributed by atoms with E-state index in [9.17, 15) is 19.2 Å². The summed E-state index contributed by atoms with van der Waals surface area (Å²) in [7, 11) is 0. The first-order valence-corrected chi connectivity index (χ1v) is 12.1. The van der Waals surface area contributed by atoms with Gasteiger partial charge in [-0.2, -0.15) is 0 Å². The number of para-hydroxylation sites is 1. The summed E-state index contributed by atoms with van der Waals surface area (Å²) in [5, 5.41) is 3.24. The van der Waals surface area contributed by atoms with Gasteiger partial charge in [0.05, 0.1) is 29.0 Å². The molecule has 0 saturated heterocycles. The van der Waals surface area contributed by atoms with E-state index < -0.39 is 36.3 Å². The Morgan fingerprint density at radius 3 is 2.62 bits per heavy atom. The minimum absolute atomic E-state index is 0.219. The van der Waals surface area contributed by atoms with Crippen LogP contribution in [-0.2, 0) is 37.0 Å². The highest BCUT2D eigenvalue weighted by Gasteiger charge is 2.37. The van der Waals surface area contributed by atoms with E-state index >= 15 is 0 Å². The third-order valence-electron chi connectivity index (χ3n) is 5.69. The first kappa shape index (κ1) is 25.9. The molecule has 0 spiro atoms. The van der Waals surface area contributed by atoms with Crippen molar-refractivity contribution in [3.63, 3.8) is 0 Å². The number of alkyl carbamates (subject to hydrolysis) is 1. The van der Waals surface area contributed by atoms with Gasteiger partial charge in [-0.1, -0.05) is 32.0 Å². The summed E-state index contributed by atoms with van der Waals surface area (Å²) in [6, 6.07) is 11.3. The molecule has 4 heterocycles. The largest absolute Gasteiger partial charge is 0.458 e. The molecule has 37 heavy (non-hydrogen) atoms. The SMILES string of the molecule is CC.CC(C)(C)OC(=O)NCC(=O)OC1C(=O)OCc2c1cc1n(c2=O)Cc2cc3ccccc3nc2-1. The molecule has 2 aliphatic rings. The van der Waals surface area contributed by atoms with Crippen LogP contribution in [0.25, 0.3) is 22.3 Å². The average molecular weight is 508 g/mol. The van der Waals surface area contributed by atoms with Crippen molar-refractivity contribution in [3.05, 3.63) is 63.4 Å². The maximum atomic E-state index is 13.3. The number of hydrogen-bond donors (Lipinski definition) is 1. The number of carbonyl (C=O) groups is 3. The minimum Gasteiger partial charge on any atom is -0.458 e. The number of nitrogens with one attached hydrogen (secondary N) is 1. The zero-order valence-corrected chi connectivity index (χ0v) is 21.4. The molecule has 3 aromatic rings. The van der Waals surface area contributed by atoms with Crippen LogP contribution in [0.1, 0.15) is 57.4 Å². The molecule has 0 aliphatic carbocycles. The number of carbonyl (C=O) groups excluding carboxylic acids is 3. The first-order valence-electron chi connectivity index (χ1n) is 12.1. The van der Waals surface area contributed by atoms with Crippen molar-refractivity contribution in [2.75, 3.05) is 6.54 Å². The van der Waals surface area contributed by atoms with Gasteiger partial charge in [0.25, 0.3) is 5.56 Å². The van der Waals surface area contributed by atoms with E-state index in [0.29, 0.717) is 17.9 Å². The Kier molecular flexibility index (Phi) is 7.02. The van der Waals surface area contributed by atoms with Gasteiger partial charge < -0.3 is 24.1 Å². The predicted molar refractivity (Wildman–Crippen MR) is 135 cm³/mol. The molecule has 0 saturated carbocycles. The van der Waals surface area contributed by atoms with Gasteiger partial charge in [0.1, 0.15) is 18.8 Å². The molecule has 0 radical (unpaired) electrons. The number of hydrogen-bond acceptors (Lipinski definition) is 8. The number of pyridine rings is 2. The quantitative estimate of drug-likeness (QED) is 0.329. The lowest BCUT2D eigenvalue weighted by Crippen LogP contribution is -2.38. The zero-order chi connectivity index (χ0) is 26.9. The summed E-state index contributed by atoms with van der Waals surface area (Å²) in [4.78, 5) is 54.7. The second-order valence-corrected chi connectivity index (χ2v) is 9.38. The number of ether oxygens (including phenoxy) is 3. The Hall–Kier alpha value is -4.21. The Labute approximate surface area is 213 Å². The van der Waals surface area contributed by atoms with Gasteiger partial charge >= 0.3 is 18.0 Å². The van der Waals surface area contributed by atoms with Crippen molar-refractivity contribution < 1.29 is 28.6 Å². The molecule has 0 fully saturated rings. The Bertz CT molecular complexity index is 1450. The van der Waals surface area contributed by atoms with E-state index in [2.05, 4.69) is 5.32 Å². The first-order chi connectivity index (χ1) is 17.6. The van der Waals surface area contributed by atoms with Gasteiger partial charge in [-0.3, -0.25) is 9.59 Å². The monoisotopic (exact) mass is 507 g/mol. The van der Waals surface area contributed by atoms with E-state index in [-0.39, 0.29) is 23.3 Å². The summed E-state index contributed by atoms with van der Waals surface area (Å²) in [6.07, 6.45) is -2.23. The zero-order valence-electron chi connectivity index (χ0n) is 21.4. The van der Waals surface area contributed by atoms with Crippen molar-refractivity contribution in [1.29, 1.82) is 0 Å². The molecular formula is C27H29N3O7. The van der Waals surface area contributed by atoms with Gasteiger partial charge in [0.2, 0.25) is 6.10 Å². The van der Waals surface area contributed by atoms with Crippen LogP contribution < -0.4 is 10.9 Å². The van der Waals surface area contributed by atoms with E-state index in [1.807, 2.05) is 44.2 Å². The smallest absolute Gasteiger partial charge is 0.408 e. The normalized spacial score (nSPS) is 15.4. The van der Waals surface area contributed by atoms with E-state index in [1.54, 1.807) is 31.4 Å². The van der Waals surface area contributed by atoms with Crippen LogP contribution in [-0.4, -0.2) is 39.7 Å². The number of amides is 1. The van der Waals surface area contributed by atoms with Crippen molar-refractivity contribution >= 4 is 28.9 Å². The average Bonchev–Trinajstić information content (AvgIpc) is 3.21. The number of rotatable bonds is 3. The summed E-state index contributed by atoms with van der Waals surface area (Å²) < 4.78 is 17.1. The summed E-state index contributed by atoms with van der Waals surface area (Å²) >= 11 is 0. The van der Waals surface area contributed by atoms with Gasteiger partial charge in [-0.05, 0) is 39.0 Å². The van der Waals surface area contributed by atoms with Crippen molar-refractivity contribution in [1.82, 2.24) is 14.9 Å². The van der Waals surface area contributed by atoms with Crippen LogP contribution in [0.3, 0.4) is 0 Å². The number of fused-ring (bicyclic) bond motifs is 5. The molecular weight excluding hydrogens is 478 g/mol. The van der Waals surface area contributed by atoms with E-state index in [0.717, 1.165) is 16.5 Å². The highest BCUT2D eigenvalue weighted by molar-refractivity contribution is 5.86. The maximum Gasteiger partial charge on any atom is 0.408 e. The van der Waals surface area contributed by atoms with Crippen molar-refractivity contribution in [2.45, 2.75) is 59.5 Å². The molecule has 10 nitrogen and oxygen atoms in total. The number of cyclic esters (lactones) is 1. The number of aromatic nitrogens is 2. The third-order valence-corrected chi connectivity index (χ3v) is 5.69. The van der Waals surface area contributed by atoms with Gasteiger partial charge in [-0.15, -0.1) is 0 Å². The Morgan fingerprint density at radius 1 is 1.16 bits per heavy atom. The van der Waals surface area contributed by atoms with E-state index in [1.165, 1.54) is 0 Å². The van der Waals surface area contributed by atoms with Gasteiger partial charge in [-0.25, -0.2) is 14.6 Å². The van der Waals surface area contributed by atoms with Crippen molar-refractivity contribution in [2.24, 2.45) is 0 Å². The molecule has 10 heteroatoms. The Balaban J connectivity index is 0.00000156. The van der Waals surface area contributed by atoms with Crippen LogP contribution >= 0.6 is 0 Å². The fourth-order valence-corrected chi connectivity index (χ4v) is 4.20. The molecule has 1 unspecified atom stereocenters. The summed E-state index contributed by atoms with van der Waals surface area (Å²) in [5.41, 5.74) is 2.26. The van der Waals surface area contributed by atoms with E-state index in [4.69, 9.17) is 19.2 Å². The summed E-state index contributed by atoms with van der Waals surface area (Å²) in [5.74, 6) is -1.67. The third kappa shape index (κ3) is 5.18. The lowest BCUT2D eigenvalue weighted by atomic mass is 10.00. The second kappa shape index (κ2) is 10.0. The second-order valence-electron chi connectivity index (χ2n) is 9.38. The molecule has 5 rings (SSSR count). The van der Waals surface area contributed by atoms with Gasteiger partial charge in [0.15, 0.2) is 0 Å². The fraction of sp³-hybridized carbons (Fsp3) is 0.370. The number of benzene rings is 1. The van der Waals surface area contributed by atoms with Crippen LogP contribution in [0, 0.1) is 0 Å². The molecule has 1 atom stereocenters. The predicted octanol–water partition coefficient (Wildman–Crippen LogP) is 3.62. The van der Waals surface area contributed by atoms with Crippen LogP contribution in [0.2, 0.25) is 0 Å². The lowest BCUT2D eigenvalue weighted by Gasteiger charge is -2.25. The highest BCUT2D eigenvalue weighted by Crippen LogP contribution is 2.36. The van der Waals surface area contributed by atoms with Gasteiger partial charge in [0, 0.05) is 16.5 Å². The van der Waals surface area contributed by atoms with Crippen molar-refractivity contribution in [3.8, 4) is 11.4 Å². The number of nitrogens with zero attached hydrogens (tertiary/aromatic N) is 2. The minimum atomic E-state index is -1.44. The molecule has 2 aliphatic heterocycles. The maximum absolute atomic E-state index is 13.3. The molecule has 194 valence electrons. The fourth-order valence-electron chi connectivity index (χ4n) is 4.20. The van der Waals surface area contributed by atoms with Crippen LogP contribution in [0.5, 0.6) is 0 Å². The lowest BCUT2D eigenvalue weighted by molar-refractivity contribution is -0.171. The summed E-state index contributed by atoms with van der Waals surface area (Å²) in [6.45, 7) is 8.66.